The van der Waals surface area contributed by atoms with E-state index in [1.165, 1.54) is 10.8 Å². The third kappa shape index (κ3) is 5.92. The number of hydrogen-bond acceptors (Lipinski definition) is 7. The second kappa shape index (κ2) is 12.0. The van der Waals surface area contributed by atoms with Crippen LogP contribution >= 0.6 is 22.6 Å². The number of carbonyl (C=O) groups excluding carboxylic acids is 2. The molecule has 1 aliphatic rings. The summed E-state index contributed by atoms with van der Waals surface area (Å²) in [5.74, 6) is -1.12. The Labute approximate surface area is 243 Å². The predicted molar refractivity (Wildman–Crippen MR) is 155 cm³/mol. The number of aryl methyl sites for hydroxylation is 1. The van der Waals surface area contributed by atoms with Gasteiger partial charge in [-0.25, -0.2) is 19.0 Å². The van der Waals surface area contributed by atoms with Gasteiger partial charge in [0.2, 0.25) is 0 Å². The topological polar surface area (TPSA) is 106 Å². The summed E-state index contributed by atoms with van der Waals surface area (Å²) in [4.78, 5) is 52.0. The van der Waals surface area contributed by atoms with Crippen LogP contribution in [0.5, 0.6) is 0 Å². The molecule has 1 saturated heterocycles. The molecular weight excluding hydrogens is 627 g/mol. The molecule has 0 bridgehead atoms. The highest BCUT2D eigenvalue weighted by Crippen LogP contribution is 2.31. The van der Waals surface area contributed by atoms with Crippen LogP contribution < -0.4 is 11.2 Å². The van der Waals surface area contributed by atoms with Gasteiger partial charge in [0.15, 0.2) is 0 Å². The second-order valence-corrected chi connectivity index (χ2v) is 10.4. The summed E-state index contributed by atoms with van der Waals surface area (Å²) in [7, 11) is 0. The molecule has 3 atom stereocenters. The number of benzene rings is 3. The fraction of sp³-hybridized carbons (Fsp3) is 0.200. The van der Waals surface area contributed by atoms with Crippen molar-refractivity contribution in [1.29, 1.82) is 0 Å². The van der Waals surface area contributed by atoms with Gasteiger partial charge in [-0.15, -0.1) is 0 Å². The number of hydrogen-bond donors (Lipinski definition) is 0. The van der Waals surface area contributed by atoms with Crippen molar-refractivity contribution in [1.82, 2.24) is 9.13 Å². The van der Waals surface area contributed by atoms with Crippen LogP contribution in [0.1, 0.15) is 38.9 Å². The number of ether oxygens (including phenoxy) is 3. The summed E-state index contributed by atoms with van der Waals surface area (Å²) in [6, 6.07) is 24.0. The Morgan fingerprint density at radius 2 is 1.50 bits per heavy atom. The van der Waals surface area contributed by atoms with Gasteiger partial charge in [0.05, 0.1) is 20.4 Å². The van der Waals surface area contributed by atoms with Crippen molar-refractivity contribution in [2.24, 2.45) is 0 Å². The van der Waals surface area contributed by atoms with E-state index in [2.05, 4.69) is 0 Å². The zero-order valence-corrected chi connectivity index (χ0v) is 23.6. The lowest BCUT2D eigenvalue weighted by Gasteiger charge is -2.19. The molecule has 3 aromatic carbocycles. The van der Waals surface area contributed by atoms with E-state index >= 15 is 0 Å². The minimum atomic E-state index is -0.882. The zero-order chi connectivity index (χ0) is 28.2. The Kier molecular flexibility index (Phi) is 8.27. The van der Waals surface area contributed by atoms with Gasteiger partial charge in [-0.2, -0.15) is 0 Å². The average molecular weight is 652 g/mol. The van der Waals surface area contributed by atoms with E-state index in [-0.39, 0.29) is 13.0 Å². The molecule has 1 fully saturated rings. The van der Waals surface area contributed by atoms with Gasteiger partial charge in [0.25, 0.3) is 5.56 Å². The van der Waals surface area contributed by atoms with Crippen molar-refractivity contribution in [3.63, 3.8) is 0 Å². The second-order valence-electron chi connectivity index (χ2n) is 9.28. The van der Waals surface area contributed by atoms with Gasteiger partial charge in [-0.1, -0.05) is 54.1 Å². The summed E-state index contributed by atoms with van der Waals surface area (Å²) in [5, 5.41) is 0. The molecule has 10 heteroatoms. The first-order valence-electron chi connectivity index (χ1n) is 12.6. The fourth-order valence-electron chi connectivity index (χ4n) is 4.41. The lowest BCUT2D eigenvalue weighted by Crippen LogP contribution is -2.41. The molecule has 0 N–H and O–H groups in total. The highest BCUT2D eigenvalue weighted by atomic mass is 127. The van der Waals surface area contributed by atoms with Crippen molar-refractivity contribution >= 4 is 34.5 Å². The Bertz CT molecular complexity index is 1630. The quantitative estimate of drug-likeness (QED) is 0.217. The van der Waals surface area contributed by atoms with Gasteiger partial charge in [0.1, 0.15) is 25.0 Å². The van der Waals surface area contributed by atoms with Crippen LogP contribution in [-0.4, -0.2) is 39.9 Å². The molecule has 0 aliphatic carbocycles. The Balaban J connectivity index is 1.44. The van der Waals surface area contributed by atoms with Gasteiger partial charge < -0.3 is 14.2 Å². The largest absolute Gasteiger partial charge is 0.459 e. The third-order valence-electron chi connectivity index (χ3n) is 6.51. The molecule has 4 aromatic rings. The Hall–Kier alpha value is -4.03. The van der Waals surface area contributed by atoms with E-state index in [1.54, 1.807) is 72.8 Å². The molecule has 2 heterocycles. The molecule has 204 valence electrons. The minimum absolute atomic E-state index is 0.105. The van der Waals surface area contributed by atoms with Crippen LogP contribution in [0.15, 0.2) is 101 Å². The molecule has 1 unspecified atom stereocenters. The zero-order valence-electron chi connectivity index (χ0n) is 21.4. The van der Waals surface area contributed by atoms with E-state index in [4.69, 9.17) is 14.2 Å². The van der Waals surface area contributed by atoms with Crippen molar-refractivity contribution in [2.45, 2.75) is 31.8 Å². The standard InChI is InChI=1S/C30H25IN2O7/c1-19-12-14-22(15-13-19)33-27(34)23(31)17-32(30(33)37)26-16-24(40-29(36)21-10-6-3-7-11-21)25(39-26)18-38-28(35)20-8-4-2-5-9-20/h2-15,17,24-26H,16,18H2,1H3/t24?,25-,26-/m0/s1. The molecule has 40 heavy (non-hydrogen) atoms. The highest BCUT2D eigenvalue weighted by molar-refractivity contribution is 14.1. The number of rotatable bonds is 7. The van der Waals surface area contributed by atoms with Crippen molar-refractivity contribution in [3.05, 3.63) is 132 Å². The monoisotopic (exact) mass is 652 g/mol. The molecule has 0 saturated carbocycles. The van der Waals surface area contributed by atoms with Crippen LogP contribution in [0.3, 0.4) is 0 Å². The molecule has 0 spiro atoms. The first-order chi connectivity index (χ1) is 19.3. The van der Waals surface area contributed by atoms with E-state index < -0.39 is 41.6 Å². The maximum atomic E-state index is 13.6. The van der Waals surface area contributed by atoms with Crippen LogP contribution in [0, 0.1) is 10.5 Å². The van der Waals surface area contributed by atoms with Crippen molar-refractivity contribution in [2.75, 3.05) is 6.61 Å². The molecular formula is C30H25IN2O7. The maximum absolute atomic E-state index is 13.6. The SMILES string of the molecule is Cc1ccc(-n2c(=O)c(I)cn([C@@H]3CC(OC(=O)c4ccccc4)[C@H](COC(=O)c4ccccc4)O3)c2=O)cc1. The van der Waals surface area contributed by atoms with Crippen LogP contribution in [0.25, 0.3) is 5.69 Å². The predicted octanol–water partition coefficient (Wildman–Crippen LogP) is 4.28. The molecule has 1 aliphatic heterocycles. The number of nitrogens with zero attached hydrogens (tertiary/aromatic N) is 2. The van der Waals surface area contributed by atoms with Gasteiger partial charge in [-0.3, -0.25) is 9.36 Å². The van der Waals surface area contributed by atoms with E-state index in [9.17, 15) is 19.2 Å². The molecule has 9 nitrogen and oxygen atoms in total. The molecule has 1 aromatic heterocycles. The minimum Gasteiger partial charge on any atom is -0.459 e. The summed E-state index contributed by atoms with van der Waals surface area (Å²) >= 11 is 1.88. The first kappa shape index (κ1) is 27.5. The first-order valence-corrected chi connectivity index (χ1v) is 13.6. The van der Waals surface area contributed by atoms with Crippen LogP contribution in [0.2, 0.25) is 0 Å². The molecule has 0 radical (unpaired) electrons. The Morgan fingerprint density at radius 1 is 0.900 bits per heavy atom. The highest BCUT2D eigenvalue weighted by Gasteiger charge is 2.41. The van der Waals surface area contributed by atoms with Crippen molar-refractivity contribution in [3.8, 4) is 5.69 Å². The summed E-state index contributed by atoms with van der Waals surface area (Å²) in [5.41, 5.74) is 1.07. The molecule has 5 rings (SSSR count). The fourth-order valence-corrected chi connectivity index (χ4v) is 4.95. The third-order valence-corrected chi connectivity index (χ3v) is 7.25. The van der Waals surface area contributed by atoms with Gasteiger partial charge >= 0.3 is 17.6 Å². The number of carbonyl (C=O) groups is 2. The number of aromatic nitrogens is 2. The average Bonchev–Trinajstić information content (AvgIpc) is 3.37. The number of halogens is 1. The van der Waals surface area contributed by atoms with E-state index in [0.717, 1.165) is 10.1 Å². The lowest BCUT2D eigenvalue weighted by molar-refractivity contribution is -0.0584. The smallest absolute Gasteiger partial charge is 0.338 e. The lowest BCUT2D eigenvalue weighted by atomic mass is 10.1. The number of esters is 2. The van der Waals surface area contributed by atoms with Crippen LogP contribution in [0.4, 0.5) is 0 Å². The summed E-state index contributed by atoms with van der Waals surface area (Å²) in [6.07, 6.45) is -1.03. The molecule has 0 amide bonds. The maximum Gasteiger partial charge on any atom is 0.338 e. The van der Waals surface area contributed by atoms with E-state index in [1.807, 2.05) is 41.6 Å². The van der Waals surface area contributed by atoms with Crippen LogP contribution in [-0.2, 0) is 14.2 Å². The van der Waals surface area contributed by atoms with E-state index in [0.29, 0.717) is 20.4 Å². The van der Waals surface area contributed by atoms with Gasteiger partial charge in [-0.05, 0) is 65.9 Å². The normalized spacial score (nSPS) is 18.3. The summed E-state index contributed by atoms with van der Waals surface area (Å²) < 4.78 is 20.1. The summed E-state index contributed by atoms with van der Waals surface area (Å²) in [6.45, 7) is 1.70. The van der Waals surface area contributed by atoms with Gasteiger partial charge in [0, 0.05) is 12.6 Å². The Morgan fingerprint density at radius 3 is 2.12 bits per heavy atom. The van der Waals surface area contributed by atoms with Crippen molar-refractivity contribution < 1.29 is 23.8 Å².